The molecule has 0 radical (unpaired) electrons. The molecule has 0 aliphatic rings. The molecule has 3 N–H and O–H groups in total. The first-order chi connectivity index (χ1) is 48.9. The van der Waals surface area contributed by atoms with Crippen LogP contribution in [0.5, 0.6) is 0 Å². The van der Waals surface area contributed by atoms with Crippen LogP contribution in [0.1, 0.15) is 433 Å². The average molecular weight is 1480 g/mol. The minimum Gasteiger partial charge on any atom is -0.462 e. The molecule has 0 amide bonds. The van der Waals surface area contributed by atoms with Gasteiger partial charge in [0.15, 0.2) is 12.2 Å². The van der Waals surface area contributed by atoms with E-state index in [2.05, 4.69) is 41.5 Å². The fourth-order valence-electron chi connectivity index (χ4n) is 12.7. The van der Waals surface area contributed by atoms with Crippen LogP contribution in [0.2, 0.25) is 0 Å². The quantitative estimate of drug-likeness (QED) is 0.0222. The minimum atomic E-state index is -4.96. The first-order valence-corrected chi connectivity index (χ1v) is 45.5. The lowest BCUT2D eigenvalue weighted by Crippen LogP contribution is -2.30. The average Bonchev–Trinajstić information content (AvgIpc) is 1.55. The van der Waals surface area contributed by atoms with Gasteiger partial charge in [-0.05, 0) is 37.5 Å². The predicted octanol–water partition coefficient (Wildman–Crippen LogP) is 24.7. The van der Waals surface area contributed by atoms with Crippen molar-refractivity contribution < 1.29 is 80.2 Å². The zero-order chi connectivity index (χ0) is 74.2. The van der Waals surface area contributed by atoms with Gasteiger partial charge in [0.2, 0.25) is 0 Å². The number of aliphatic hydroxyl groups excluding tert-OH is 1. The highest BCUT2D eigenvalue weighted by Gasteiger charge is 2.30. The van der Waals surface area contributed by atoms with E-state index in [1.807, 2.05) is 0 Å². The number of hydrogen-bond donors (Lipinski definition) is 3. The number of rotatable bonds is 81. The fraction of sp³-hybridized carbons (Fsp3) is 0.951. The van der Waals surface area contributed by atoms with Gasteiger partial charge in [-0.3, -0.25) is 37.3 Å². The summed E-state index contributed by atoms with van der Waals surface area (Å²) >= 11 is 0. The number of unbranched alkanes of at least 4 members (excludes halogenated alkanes) is 50. The van der Waals surface area contributed by atoms with Crippen LogP contribution in [0.15, 0.2) is 0 Å². The second-order valence-electron chi connectivity index (χ2n) is 30.2. The number of aliphatic hydroxyl groups is 1. The Balaban J connectivity index is 5.24. The highest BCUT2D eigenvalue weighted by molar-refractivity contribution is 7.47. The number of hydrogen-bond acceptors (Lipinski definition) is 15. The van der Waals surface area contributed by atoms with E-state index in [4.69, 9.17) is 37.0 Å². The summed E-state index contributed by atoms with van der Waals surface area (Å²) in [5.74, 6) is -0.445. The Morgan fingerprint density at radius 3 is 0.752 bits per heavy atom. The number of carbonyl (C=O) groups excluding carboxylic acids is 4. The molecule has 0 heterocycles. The van der Waals surface area contributed by atoms with Crippen molar-refractivity contribution in [1.82, 2.24) is 0 Å². The van der Waals surface area contributed by atoms with Crippen molar-refractivity contribution in [3.63, 3.8) is 0 Å². The maximum absolute atomic E-state index is 13.1. The van der Waals surface area contributed by atoms with Crippen LogP contribution in [0, 0.1) is 11.8 Å². The van der Waals surface area contributed by atoms with Gasteiger partial charge in [-0.1, -0.05) is 382 Å². The zero-order valence-electron chi connectivity index (χ0n) is 66.2. The summed E-state index contributed by atoms with van der Waals surface area (Å²) in [5, 5.41) is 10.6. The highest BCUT2D eigenvalue weighted by atomic mass is 31.2. The monoisotopic (exact) mass is 1480 g/mol. The van der Waals surface area contributed by atoms with Gasteiger partial charge in [-0.2, -0.15) is 0 Å². The van der Waals surface area contributed by atoms with Crippen LogP contribution in [0.3, 0.4) is 0 Å². The van der Waals surface area contributed by atoms with E-state index in [1.54, 1.807) is 0 Å². The summed E-state index contributed by atoms with van der Waals surface area (Å²) in [6, 6.07) is 0. The van der Waals surface area contributed by atoms with Crippen LogP contribution in [-0.2, 0) is 65.4 Å². The van der Waals surface area contributed by atoms with Gasteiger partial charge in [0.1, 0.15) is 19.3 Å². The van der Waals surface area contributed by atoms with Crippen LogP contribution in [-0.4, -0.2) is 96.7 Å². The molecule has 101 heavy (non-hydrogen) atoms. The molecule has 19 heteroatoms. The molecule has 0 saturated carbocycles. The van der Waals surface area contributed by atoms with Gasteiger partial charge in [-0.15, -0.1) is 0 Å². The minimum absolute atomic E-state index is 0.108. The third-order valence-corrected chi connectivity index (χ3v) is 21.5. The predicted molar refractivity (Wildman–Crippen MR) is 414 cm³/mol. The molecule has 6 atom stereocenters. The highest BCUT2D eigenvalue weighted by Crippen LogP contribution is 2.45. The molecule has 0 bridgehead atoms. The van der Waals surface area contributed by atoms with Gasteiger partial charge in [-0.25, -0.2) is 9.13 Å². The third kappa shape index (κ3) is 74.7. The van der Waals surface area contributed by atoms with Crippen molar-refractivity contribution in [2.45, 2.75) is 452 Å². The molecule has 3 unspecified atom stereocenters. The molecule has 0 aromatic rings. The summed E-state index contributed by atoms with van der Waals surface area (Å²) in [6.45, 7) is 9.73. The molecule has 0 saturated heterocycles. The Hall–Kier alpha value is -1.94. The molecule has 0 aliphatic carbocycles. The summed E-state index contributed by atoms with van der Waals surface area (Å²) in [4.78, 5) is 73.1. The lowest BCUT2D eigenvalue weighted by atomic mass is 9.99. The van der Waals surface area contributed by atoms with Crippen molar-refractivity contribution >= 4 is 39.5 Å². The van der Waals surface area contributed by atoms with Crippen molar-refractivity contribution in [3.05, 3.63) is 0 Å². The summed E-state index contributed by atoms with van der Waals surface area (Å²) in [6.07, 6.45) is 63.6. The van der Waals surface area contributed by atoms with E-state index >= 15 is 0 Å². The number of carbonyl (C=O) groups is 4. The maximum Gasteiger partial charge on any atom is 0.472 e. The molecule has 0 aliphatic heterocycles. The van der Waals surface area contributed by atoms with Gasteiger partial charge < -0.3 is 33.8 Å². The van der Waals surface area contributed by atoms with Gasteiger partial charge in [0.05, 0.1) is 26.4 Å². The summed E-state index contributed by atoms with van der Waals surface area (Å²) in [5.41, 5.74) is 0. The van der Waals surface area contributed by atoms with E-state index in [-0.39, 0.29) is 25.7 Å². The third-order valence-electron chi connectivity index (χ3n) is 19.6. The molecular formula is C82H160O17P2. The summed E-state index contributed by atoms with van der Waals surface area (Å²) in [7, 11) is -9.92. The Labute approximate surface area is 619 Å². The Morgan fingerprint density at radius 1 is 0.287 bits per heavy atom. The number of phosphoric ester groups is 2. The lowest BCUT2D eigenvalue weighted by molar-refractivity contribution is -0.161. The molecule has 0 rings (SSSR count). The van der Waals surface area contributed by atoms with Crippen molar-refractivity contribution in [2.24, 2.45) is 11.8 Å². The number of esters is 4. The molecule has 0 spiro atoms. The molecule has 600 valence electrons. The zero-order valence-corrected chi connectivity index (χ0v) is 68.0. The maximum atomic E-state index is 13.1. The molecule has 0 aromatic heterocycles. The van der Waals surface area contributed by atoms with E-state index < -0.39 is 97.5 Å². The normalized spacial score (nSPS) is 14.2. The SMILES string of the molecule is CCCCCCCCCCCCCCC(=O)OC[C@H](COP(=O)(O)OC[C@H](O)COP(=O)(O)OC[C@@H](COC(=O)CCCCCCCCCCCCCCCCC(C)CC)OC(=O)CCCCCCCCCCCCCCCCCCC(C)C)OC(=O)CCCCCCCCCCCCCC. The largest absolute Gasteiger partial charge is 0.472 e. The Kier molecular flexibility index (Phi) is 72.2. The molecule has 17 nitrogen and oxygen atoms in total. The van der Waals surface area contributed by atoms with Gasteiger partial charge >= 0.3 is 39.5 Å². The van der Waals surface area contributed by atoms with E-state index in [0.717, 1.165) is 102 Å². The standard InChI is InChI=1S/C82H160O17P2/c1-7-10-12-14-16-18-20-34-40-46-52-58-64-79(84)92-70-77(98-81(86)66-60-54-48-42-35-21-19-17-15-13-11-8-2)72-96-100(88,89)94-68-76(83)69-95-101(90,91)97-73-78(71-93-80(85)65-59-53-47-41-36-30-27-26-29-33-39-45-51-57-63-75(6)9-3)99-82(87)67-61-55-49-43-37-31-25-23-22-24-28-32-38-44-50-56-62-74(4)5/h74-78,83H,7-73H2,1-6H3,(H,88,89)(H,90,91)/t75?,76-,77+,78+/m0/s1. The van der Waals surface area contributed by atoms with Crippen LogP contribution in [0.25, 0.3) is 0 Å². The van der Waals surface area contributed by atoms with Crippen molar-refractivity contribution in [2.75, 3.05) is 39.6 Å². The fourth-order valence-corrected chi connectivity index (χ4v) is 14.3. The first-order valence-electron chi connectivity index (χ1n) is 42.5. The molecular weight excluding hydrogens is 1320 g/mol. The number of phosphoric acid groups is 2. The van der Waals surface area contributed by atoms with Gasteiger partial charge in [0.25, 0.3) is 0 Å². The summed E-state index contributed by atoms with van der Waals surface area (Å²) < 4.78 is 68.8. The van der Waals surface area contributed by atoms with E-state index in [1.165, 1.54) is 250 Å². The first kappa shape index (κ1) is 99.1. The second-order valence-corrected chi connectivity index (χ2v) is 33.1. The van der Waals surface area contributed by atoms with Gasteiger partial charge in [0, 0.05) is 25.7 Å². The van der Waals surface area contributed by atoms with Crippen LogP contribution in [0.4, 0.5) is 0 Å². The molecule has 0 fully saturated rings. The second kappa shape index (κ2) is 73.6. The van der Waals surface area contributed by atoms with E-state index in [0.29, 0.717) is 25.7 Å². The Morgan fingerprint density at radius 2 is 0.505 bits per heavy atom. The smallest absolute Gasteiger partial charge is 0.462 e. The van der Waals surface area contributed by atoms with Crippen LogP contribution < -0.4 is 0 Å². The van der Waals surface area contributed by atoms with E-state index in [9.17, 15) is 43.2 Å². The topological polar surface area (TPSA) is 237 Å². The molecule has 0 aromatic carbocycles. The number of ether oxygens (including phenoxy) is 4. The van der Waals surface area contributed by atoms with Crippen molar-refractivity contribution in [1.29, 1.82) is 0 Å². The van der Waals surface area contributed by atoms with Crippen LogP contribution >= 0.6 is 15.6 Å². The Bertz CT molecular complexity index is 1940. The van der Waals surface area contributed by atoms with Crippen molar-refractivity contribution in [3.8, 4) is 0 Å². The lowest BCUT2D eigenvalue weighted by Gasteiger charge is -2.21.